The maximum Gasteiger partial charge on any atom is 0.415 e. The van der Waals surface area contributed by atoms with E-state index in [9.17, 15) is 4.79 Å². The number of amides is 1. The lowest BCUT2D eigenvalue weighted by Gasteiger charge is -2.04. The summed E-state index contributed by atoms with van der Waals surface area (Å²) in [5.74, 6) is 0. The van der Waals surface area contributed by atoms with E-state index in [4.69, 9.17) is 5.11 Å². The molecule has 0 saturated heterocycles. The summed E-state index contributed by atoms with van der Waals surface area (Å²) < 4.78 is 2.23. The zero-order valence-electron chi connectivity index (χ0n) is 7.90. The summed E-state index contributed by atoms with van der Waals surface area (Å²) in [4.78, 5) is 11.3. The average Bonchev–Trinajstić information content (AvgIpc) is 2.08. The fraction of sp³-hybridized carbons (Fsp3) is 0.222. The van der Waals surface area contributed by atoms with Crippen LogP contribution in [-0.4, -0.2) is 11.2 Å². The second kappa shape index (κ2) is 5.17. The van der Waals surface area contributed by atoms with Crippen molar-refractivity contribution in [3.8, 4) is 0 Å². The molecule has 0 aliphatic rings. The third-order valence-corrected chi connectivity index (χ3v) is 3.61. The molecule has 1 rings (SSSR count). The fourth-order valence-corrected chi connectivity index (χ4v) is 2.68. The number of carbonyl (C=O) groups is 1. The maximum atomic E-state index is 10.2. The number of hydrogen-bond acceptors (Lipinski definition) is 3. The Morgan fingerprint density at radius 3 is 2.71 bits per heavy atom. The van der Waals surface area contributed by atoms with Crippen molar-refractivity contribution in [1.29, 1.82) is 0 Å². The highest BCUT2D eigenvalue weighted by atomic mass is 33.1. The molecule has 0 atom stereocenters. The third-order valence-electron chi connectivity index (χ3n) is 1.59. The van der Waals surface area contributed by atoms with Gasteiger partial charge in [0.15, 0.2) is 0 Å². The summed E-state index contributed by atoms with van der Waals surface area (Å²) in [6, 6.07) is 6.08. The molecule has 0 aliphatic carbocycles. The van der Waals surface area contributed by atoms with Gasteiger partial charge in [0.25, 0.3) is 0 Å². The van der Waals surface area contributed by atoms with Crippen molar-refractivity contribution in [3.05, 3.63) is 29.3 Å². The summed E-state index contributed by atoms with van der Waals surface area (Å²) in [5, 5.41) is 8.36. The molecule has 3 nitrogen and oxygen atoms in total. The highest BCUT2D eigenvalue weighted by molar-refractivity contribution is 8.76. The smallest absolute Gasteiger partial charge is 0.415 e. The van der Waals surface area contributed by atoms with Gasteiger partial charge in [-0.15, -0.1) is 0 Å². The minimum absolute atomic E-state index is 1.02. The van der Waals surface area contributed by atoms with E-state index in [2.05, 4.69) is 10.8 Å². The van der Waals surface area contributed by atoms with Gasteiger partial charge in [0.1, 0.15) is 0 Å². The molecule has 1 amide bonds. The van der Waals surface area contributed by atoms with Crippen LogP contribution in [0.15, 0.2) is 23.1 Å². The molecule has 14 heavy (non-hydrogen) atoms. The Balaban J connectivity index is 2.55. The topological polar surface area (TPSA) is 49.3 Å². The highest BCUT2D eigenvalue weighted by Crippen LogP contribution is 2.31. The number of rotatable bonds is 3. The number of hydrogen-bond donors (Lipinski definition) is 2. The molecule has 0 bridgehead atoms. The average molecular weight is 229 g/mol. The molecule has 0 saturated carbocycles. The van der Waals surface area contributed by atoms with Crippen LogP contribution in [0.4, 0.5) is 4.79 Å². The Kier molecular flexibility index (Phi) is 4.16. The normalized spacial score (nSPS) is 9.86. The van der Waals surface area contributed by atoms with Crippen molar-refractivity contribution in [1.82, 2.24) is 4.72 Å². The molecule has 0 aliphatic heterocycles. The summed E-state index contributed by atoms with van der Waals surface area (Å²) in [7, 11) is 2.51. The number of aryl methyl sites for hydroxylation is 2. The second-order valence-corrected chi connectivity index (χ2v) is 4.82. The van der Waals surface area contributed by atoms with Gasteiger partial charge in [-0.3, -0.25) is 4.72 Å². The van der Waals surface area contributed by atoms with Crippen LogP contribution in [0.2, 0.25) is 0 Å². The van der Waals surface area contributed by atoms with E-state index >= 15 is 0 Å². The monoisotopic (exact) mass is 229 g/mol. The Bertz CT molecular complexity index is 342. The summed E-state index contributed by atoms with van der Waals surface area (Å²) in [5.41, 5.74) is 2.37. The van der Waals surface area contributed by atoms with Crippen LogP contribution in [0.5, 0.6) is 0 Å². The van der Waals surface area contributed by atoms with Crippen LogP contribution < -0.4 is 4.72 Å². The van der Waals surface area contributed by atoms with Crippen molar-refractivity contribution in [2.24, 2.45) is 0 Å². The summed E-state index contributed by atoms with van der Waals surface area (Å²) >= 11 is 0. The van der Waals surface area contributed by atoms with Crippen LogP contribution >= 0.6 is 21.8 Å². The fourth-order valence-electron chi connectivity index (χ4n) is 0.994. The van der Waals surface area contributed by atoms with Crippen molar-refractivity contribution in [3.63, 3.8) is 0 Å². The zero-order chi connectivity index (χ0) is 10.6. The van der Waals surface area contributed by atoms with E-state index in [1.807, 2.05) is 26.0 Å². The van der Waals surface area contributed by atoms with Gasteiger partial charge >= 0.3 is 6.09 Å². The number of carboxylic acid groups (broad SMARTS) is 1. The molecule has 5 heteroatoms. The minimum Gasteiger partial charge on any atom is -0.464 e. The van der Waals surface area contributed by atoms with Gasteiger partial charge in [0.2, 0.25) is 0 Å². The molecule has 0 fully saturated rings. The quantitative estimate of drug-likeness (QED) is 0.617. The van der Waals surface area contributed by atoms with Crippen molar-refractivity contribution in [2.45, 2.75) is 18.7 Å². The van der Waals surface area contributed by atoms with Crippen LogP contribution in [-0.2, 0) is 0 Å². The van der Waals surface area contributed by atoms with Crippen LogP contribution in [0.1, 0.15) is 11.1 Å². The predicted octanol–water partition coefficient (Wildman–Crippen LogP) is 3.23. The molecule has 1 aromatic rings. The first-order valence-electron chi connectivity index (χ1n) is 3.99. The first-order valence-corrected chi connectivity index (χ1v) is 6.14. The molecule has 1 aromatic carbocycles. The number of nitrogens with one attached hydrogen (secondary N) is 1. The van der Waals surface area contributed by atoms with E-state index in [0.717, 1.165) is 21.4 Å². The lowest BCUT2D eigenvalue weighted by atomic mass is 10.2. The van der Waals surface area contributed by atoms with Gasteiger partial charge in [-0.05, 0) is 36.3 Å². The Hall–Kier alpha value is -0.810. The van der Waals surface area contributed by atoms with E-state index in [-0.39, 0.29) is 0 Å². The molecule has 0 radical (unpaired) electrons. The summed E-state index contributed by atoms with van der Waals surface area (Å²) in [6.45, 7) is 4.04. The lowest BCUT2D eigenvalue weighted by Crippen LogP contribution is -2.09. The van der Waals surface area contributed by atoms with Gasteiger partial charge in [-0.2, -0.15) is 0 Å². The Labute approximate surface area is 90.8 Å². The molecule has 0 unspecified atom stereocenters. The van der Waals surface area contributed by atoms with Gasteiger partial charge in [-0.1, -0.05) is 17.7 Å². The van der Waals surface area contributed by atoms with E-state index < -0.39 is 6.09 Å². The van der Waals surface area contributed by atoms with Gasteiger partial charge < -0.3 is 5.11 Å². The van der Waals surface area contributed by atoms with Gasteiger partial charge in [0.05, 0.1) is 0 Å². The zero-order valence-corrected chi connectivity index (χ0v) is 9.54. The van der Waals surface area contributed by atoms with E-state index in [1.54, 1.807) is 0 Å². The van der Waals surface area contributed by atoms with Crippen molar-refractivity contribution < 1.29 is 9.90 Å². The first-order chi connectivity index (χ1) is 6.59. The SMILES string of the molecule is Cc1ccc(SSNC(=O)O)c(C)c1. The molecular formula is C9H11NO2S2. The third kappa shape index (κ3) is 3.51. The Morgan fingerprint density at radius 1 is 1.43 bits per heavy atom. The van der Waals surface area contributed by atoms with Crippen LogP contribution in [0.3, 0.4) is 0 Å². The molecule has 0 aromatic heterocycles. The lowest BCUT2D eigenvalue weighted by molar-refractivity contribution is 0.202. The minimum atomic E-state index is -1.02. The van der Waals surface area contributed by atoms with Crippen molar-refractivity contribution in [2.75, 3.05) is 0 Å². The van der Waals surface area contributed by atoms with Gasteiger partial charge in [0, 0.05) is 15.9 Å². The van der Waals surface area contributed by atoms with Crippen LogP contribution in [0.25, 0.3) is 0 Å². The predicted molar refractivity (Wildman–Crippen MR) is 60.5 cm³/mol. The largest absolute Gasteiger partial charge is 0.464 e. The number of benzene rings is 1. The molecule has 76 valence electrons. The second-order valence-electron chi connectivity index (χ2n) is 2.84. The maximum absolute atomic E-state index is 10.2. The van der Waals surface area contributed by atoms with Crippen molar-refractivity contribution >= 4 is 27.9 Å². The first kappa shape index (κ1) is 11.3. The molecule has 2 N–H and O–H groups in total. The molecular weight excluding hydrogens is 218 g/mol. The van der Waals surface area contributed by atoms with Crippen LogP contribution in [0, 0.1) is 13.8 Å². The van der Waals surface area contributed by atoms with E-state index in [1.165, 1.54) is 16.4 Å². The molecule has 0 heterocycles. The highest BCUT2D eigenvalue weighted by Gasteiger charge is 2.01. The molecule has 0 spiro atoms. The van der Waals surface area contributed by atoms with E-state index in [0.29, 0.717) is 0 Å². The standard InChI is InChI=1S/C9H11NO2S2/c1-6-3-4-8(7(2)5-6)13-14-10-9(11)12/h3-5,10H,1-2H3,(H,11,12). The van der Waals surface area contributed by atoms with Gasteiger partial charge in [-0.25, -0.2) is 4.79 Å². The Morgan fingerprint density at radius 2 is 2.14 bits per heavy atom. The summed E-state index contributed by atoms with van der Waals surface area (Å²) in [6.07, 6.45) is -1.02.